The van der Waals surface area contributed by atoms with Gasteiger partial charge in [-0.1, -0.05) is 64.7 Å². The monoisotopic (exact) mass is 284 g/mol. The lowest BCUT2D eigenvalue weighted by Crippen LogP contribution is -2.12. The van der Waals surface area contributed by atoms with E-state index in [4.69, 9.17) is 4.74 Å². The second kappa shape index (κ2) is 12.6. The molecular weight excluding hydrogens is 248 g/mol. The minimum Gasteiger partial charge on any atom is -0.393 e. The van der Waals surface area contributed by atoms with Crippen molar-refractivity contribution in [3.8, 4) is 0 Å². The molecule has 1 rings (SSSR count). The van der Waals surface area contributed by atoms with Crippen LogP contribution in [0.1, 0.15) is 96.8 Å². The number of aliphatic hydroxyl groups excluding tert-OH is 1. The normalized spacial score (nSPS) is 20.4. The van der Waals surface area contributed by atoms with Crippen molar-refractivity contribution in [3.63, 3.8) is 0 Å². The van der Waals surface area contributed by atoms with E-state index in [1.54, 1.807) is 0 Å². The van der Waals surface area contributed by atoms with E-state index in [2.05, 4.69) is 6.92 Å². The largest absolute Gasteiger partial charge is 0.393 e. The van der Waals surface area contributed by atoms with Crippen molar-refractivity contribution in [2.24, 2.45) is 0 Å². The molecule has 120 valence electrons. The van der Waals surface area contributed by atoms with Crippen molar-refractivity contribution in [2.45, 2.75) is 109 Å². The van der Waals surface area contributed by atoms with E-state index in [9.17, 15) is 5.11 Å². The number of hydrogen-bond donors (Lipinski definition) is 1. The quantitative estimate of drug-likeness (QED) is 0.469. The first kappa shape index (κ1) is 18.0. The third-order valence-corrected chi connectivity index (χ3v) is 4.49. The van der Waals surface area contributed by atoms with Gasteiger partial charge in [0.05, 0.1) is 12.2 Å². The Labute approximate surface area is 126 Å². The molecule has 1 heterocycles. The highest BCUT2D eigenvalue weighted by molar-refractivity contribution is 4.67. The molecule has 0 bridgehead atoms. The van der Waals surface area contributed by atoms with Gasteiger partial charge in [0.1, 0.15) is 0 Å². The summed E-state index contributed by atoms with van der Waals surface area (Å²) in [7, 11) is 0. The van der Waals surface area contributed by atoms with Gasteiger partial charge in [-0.15, -0.1) is 0 Å². The van der Waals surface area contributed by atoms with Gasteiger partial charge in [-0.25, -0.2) is 0 Å². The molecule has 0 amide bonds. The second-order valence-electron chi connectivity index (χ2n) is 6.48. The summed E-state index contributed by atoms with van der Waals surface area (Å²) in [4.78, 5) is 0. The first-order valence-corrected chi connectivity index (χ1v) is 9.12. The van der Waals surface area contributed by atoms with Crippen molar-refractivity contribution < 1.29 is 9.84 Å². The zero-order valence-corrected chi connectivity index (χ0v) is 13.6. The molecule has 1 fully saturated rings. The number of ether oxygens (including phenoxy) is 1. The highest BCUT2D eigenvalue weighted by Crippen LogP contribution is 2.19. The number of hydrogen-bond acceptors (Lipinski definition) is 2. The van der Waals surface area contributed by atoms with Gasteiger partial charge in [0.15, 0.2) is 0 Å². The molecule has 2 heteroatoms. The van der Waals surface area contributed by atoms with Crippen molar-refractivity contribution in [2.75, 3.05) is 6.61 Å². The van der Waals surface area contributed by atoms with Crippen LogP contribution < -0.4 is 0 Å². The van der Waals surface area contributed by atoms with Crippen LogP contribution in [0.3, 0.4) is 0 Å². The van der Waals surface area contributed by atoms with E-state index in [1.165, 1.54) is 70.6 Å². The second-order valence-corrected chi connectivity index (χ2v) is 6.48. The Hall–Kier alpha value is -0.0800. The van der Waals surface area contributed by atoms with Crippen LogP contribution in [-0.4, -0.2) is 23.9 Å². The number of aliphatic hydroxyl groups is 1. The van der Waals surface area contributed by atoms with Gasteiger partial charge in [-0.2, -0.15) is 0 Å². The smallest absolute Gasteiger partial charge is 0.0577 e. The molecule has 20 heavy (non-hydrogen) atoms. The molecule has 1 N–H and O–H groups in total. The standard InChI is InChI=1S/C18H36O2/c1-2-3-4-5-6-7-8-9-10-12-17(19)14-15-18-13-11-16-20-18/h17-19H,2-16H2,1H3. The molecule has 1 aliphatic rings. The van der Waals surface area contributed by atoms with Crippen molar-refractivity contribution in [1.29, 1.82) is 0 Å². The Kier molecular flexibility index (Phi) is 11.4. The molecule has 2 atom stereocenters. The summed E-state index contributed by atoms with van der Waals surface area (Å²) in [5.74, 6) is 0. The molecule has 0 radical (unpaired) electrons. The Bertz CT molecular complexity index is 200. The van der Waals surface area contributed by atoms with Crippen LogP contribution in [0, 0.1) is 0 Å². The third kappa shape index (κ3) is 9.77. The predicted octanol–water partition coefficient (Wildman–Crippen LogP) is 5.23. The first-order valence-electron chi connectivity index (χ1n) is 9.12. The van der Waals surface area contributed by atoms with E-state index < -0.39 is 0 Å². The topological polar surface area (TPSA) is 29.5 Å². The van der Waals surface area contributed by atoms with Crippen LogP contribution in [0.4, 0.5) is 0 Å². The first-order chi connectivity index (χ1) is 9.83. The summed E-state index contributed by atoms with van der Waals surface area (Å²) in [6, 6.07) is 0. The summed E-state index contributed by atoms with van der Waals surface area (Å²) in [6.07, 6.45) is 17.9. The van der Waals surface area contributed by atoms with Crippen LogP contribution in [0.15, 0.2) is 0 Å². The van der Waals surface area contributed by atoms with Gasteiger partial charge >= 0.3 is 0 Å². The predicted molar refractivity (Wildman–Crippen MR) is 86.1 cm³/mol. The van der Waals surface area contributed by atoms with Gasteiger partial charge in [-0.3, -0.25) is 0 Å². The number of unbranched alkanes of at least 4 members (excludes halogenated alkanes) is 8. The van der Waals surface area contributed by atoms with Crippen molar-refractivity contribution in [3.05, 3.63) is 0 Å². The van der Waals surface area contributed by atoms with Gasteiger partial charge in [0, 0.05) is 6.61 Å². The van der Waals surface area contributed by atoms with Crippen LogP contribution in [0.2, 0.25) is 0 Å². The van der Waals surface area contributed by atoms with Crippen LogP contribution in [0.25, 0.3) is 0 Å². The molecule has 0 aromatic carbocycles. The minimum atomic E-state index is -0.0937. The molecule has 0 aromatic heterocycles. The molecule has 2 nitrogen and oxygen atoms in total. The van der Waals surface area contributed by atoms with E-state index in [0.717, 1.165) is 25.9 Å². The van der Waals surface area contributed by atoms with Crippen molar-refractivity contribution >= 4 is 0 Å². The van der Waals surface area contributed by atoms with Gasteiger partial charge in [-0.05, 0) is 32.1 Å². The summed E-state index contributed by atoms with van der Waals surface area (Å²) >= 11 is 0. The molecule has 1 saturated heterocycles. The van der Waals surface area contributed by atoms with Gasteiger partial charge in [0.2, 0.25) is 0 Å². The molecule has 0 spiro atoms. The summed E-state index contributed by atoms with van der Waals surface area (Å²) in [5, 5.41) is 9.95. The van der Waals surface area contributed by atoms with Gasteiger partial charge < -0.3 is 9.84 Å². The van der Waals surface area contributed by atoms with Gasteiger partial charge in [0.25, 0.3) is 0 Å². The lowest BCUT2D eigenvalue weighted by atomic mass is 10.0. The Morgan fingerprint density at radius 1 is 0.950 bits per heavy atom. The molecular formula is C18H36O2. The van der Waals surface area contributed by atoms with E-state index >= 15 is 0 Å². The number of rotatable bonds is 13. The lowest BCUT2D eigenvalue weighted by Gasteiger charge is -2.13. The maximum Gasteiger partial charge on any atom is 0.0577 e. The van der Waals surface area contributed by atoms with E-state index in [0.29, 0.717) is 6.10 Å². The molecule has 0 saturated carbocycles. The van der Waals surface area contributed by atoms with Crippen LogP contribution >= 0.6 is 0 Å². The molecule has 1 aliphatic heterocycles. The average molecular weight is 284 g/mol. The fraction of sp³-hybridized carbons (Fsp3) is 1.00. The van der Waals surface area contributed by atoms with Crippen LogP contribution in [0.5, 0.6) is 0 Å². The summed E-state index contributed by atoms with van der Waals surface area (Å²) in [5.41, 5.74) is 0. The Balaban J connectivity index is 1.78. The SMILES string of the molecule is CCCCCCCCCCCC(O)CCC1CCCO1. The lowest BCUT2D eigenvalue weighted by molar-refractivity contribution is 0.0782. The molecule has 0 aromatic rings. The fourth-order valence-corrected chi connectivity index (χ4v) is 3.09. The zero-order chi connectivity index (χ0) is 14.5. The molecule has 2 unspecified atom stereocenters. The Morgan fingerprint density at radius 2 is 1.60 bits per heavy atom. The highest BCUT2D eigenvalue weighted by Gasteiger charge is 2.16. The maximum atomic E-state index is 9.95. The third-order valence-electron chi connectivity index (χ3n) is 4.49. The summed E-state index contributed by atoms with van der Waals surface area (Å²) in [6.45, 7) is 3.20. The van der Waals surface area contributed by atoms with Crippen molar-refractivity contribution in [1.82, 2.24) is 0 Å². The van der Waals surface area contributed by atoms with E-state index in [-0.39, 0.29) is 6.10 Å². The highest BCUT2D eigenvalue weighted by atomic mass is 16.5. The Morgan fingerprint density at radius 3 is 2.20 bits per heavy atom. The fourth-order valence-electron chi connectivity index (χ4n) is 3.09. The van der Waals surface area contributed by atoms with E-state index in [1.807, 2.05) is 0 Å². The average Bonchev–Trinajstić information content (AvgIpc) is 2.96. The molecule has 0 aliphatic carbocycles. The maximum absolute atomic E-state index is 9.95. The summed E-state index contributed by atoms with van der Waals surface area (Å²) < 4.78 is 5.59. The zero-order valence-electron chi connectivity index (χ0n) is 13.6. The minimum absolute atomic E-state index is 0.0937. The van der Waals surface area contributed by atoms with Crippen LogP contribution in [-0.2, 0) is 4.74 Å².